The minimum Gasteiger partial charge on any atom is -0.497 e. The zero-order chi connectivity index (χ0) is 39.5. The molecule has 3 N–H and O–H groups in total. The smallest absolute Gasteiger partial charge is 0.259 e. The molecule has 3 aromatic rings. The zero-order valence-electron chi connectivity index (χ0n) is 32.4. The lowest BCUT2D eigenvalue weighted by Gasteiger charge is -2.36. The van der Waals surface area contributed by atoms with E-state index < -0.39 is 55.7 Å². The number of hydrogen-bond donors (Lipinski definition) is 3. The van der Waals surface area contributed by atoms with Crippen LogP contribution < -0.4 is 29.6 Å². The molecule has 15 heteroatoms. The number of methoxy groups -OCH3 is 2. The topological polar surface area (TPSA) is 178 Å². The van der Waals surface area contributed by atoms with Crippen molar-refractivity contribution in [2.75, 3.05) is 26.1 Å². The summed E-state index contributed by atoms with van der Waals surface area (Å²) in [7, 11) is -0.787. The number of carbonyl (C=O) groups is 3. The lowest BCUT2D eigenvalue weighted by Crippen LogP contribution is -2.58. The number of rotatable bonds is 7. The minimum absolute atomic E-state index is 0.123. The van der Waals surface area contributed by atoms with Crippen molar-refractivity contribution in [2.45, 2.75) is 112 Å². The van der Waals surface area contributed by atoms with Crippen molar-refractivity contribution < 1.29 is 37.0 Å². The van der Waals surface area contributed by atoms with Gasteiger partial charge in [0.25, 0.3) is 5.91 Å². The van der Waals surface area contributed by atoms with Gasteiger partial charge in [-0.2, -0.15) is 0 Å². The quantitative estimate of drug-likeness (QED) is 0.288. The molecular formula is C41H50N6O8S. The molecule has 2 saturated carbocycles. The van der Waals surface area contributed by atoms with Crippen LogP contribution >= 0.6 is 0 Å². The molecule has 1 saturated heterocycles. The van der Waals surface area contributed by atoms with Gasteiger partial charge in [-0.15, -0.1) is 0 Å². The van der Waals surface area contributed by atoms with E-state index in [0.29, 0.717) is 60.9 Å². The van der Waals surface area contributed by atoms with Crippen LogP contribution in [0.5, 0.6) is 17.2 Å². The fourth-order valence-corrected chi connectivity index (χ4v) is 9.91. The van der Waals surface area contributed by atoms with Gasteiger partial charge in [0.1, 0.15) is 46.3 Å². The molecule has 0 unspecified atom stereocenters. The van der Waals surface area contributed by atoms with Crippen LogP contribution in [0.2, 0.25) is 0 Å². The van der Waals surface area contributed by atoms with E-state index in [0.717, 1.165) is 42.1 Å². The van der Waals surface area contributed by atoms with Crippen LogP contribution in [0, 0.1) is 12.8 Å². The Morgan fingerprint density at radius 1 is 1.04 bits per heavy atom. The summed E-state index contributed by atoms with van der Waals surface area (Å²) in [5, 5.41) is 7.26. The van der Waals surface area contributed by atoms with Crippen LogP contribution in [0.25, 0.3) is 10.9 Å². The first-order chi connectivity index (χ1) is 26.8. The van der Waals surface area contributed by atoms with E-state index in [1.54, 1.807) is 44.4 Å². The maximum atomic E-state index is 14.9. The van der Waals surface area contributed by atoms with E-state index in [-0.39, 0.29) is 25.3 Å². The summed E-state index contributed by atoms with van der Waals surface area (Å²) in [4.78, 5) is 54.6. The standard InChI is InChI=1S/C41H50N6O8S/c1-25-35-29(30-20-27(53-3)12-13-31(30)43-25)14-16-40(55-35)23-33-36(48)45-41(38(50)46-56(51,52)39(2)17-18-39)22-26(41)10-8-6-5-7-9-11-32(37(49)47(33)24-40)44-34-21-28(54-4)15-19-42-34/h8,10,12-13,15,19-21,26,32-33H,5-7,9,11,14,16-18,22-24H2,1-4H3,(H,42,44)(H,45,48)(H,46,50)/t26-,32+,33+,40-,41-/m1/s1. The number of carbonyl (C=O) groups excluding carboxylic acids is 3. The lowest BCUT2D eigenvalue weighted by atomic mass is 9.87. The van der Waals surface area contributed by atoms with E-state index in [2.05, 4.69) is 20.3 Å². The molecule has 8 rings (SSSR count). The van der Waals surface area contributed by atoms with Crippen LogP contribution in [0.4, 0.5) is 5.82 Å². The molecule has 3 aliphatic heterocycles. The first-order valence-corrected chi connectivity index (χ1v) is 21.1. The van der Waals surface area contributed by atoms with E-state index in [1.165, 1.54) is 0 Å². The third-order valence-corrected chi connectivity index (χ3v) is 14.6. The van der Waals surface area contributed by atoms with Crippen molar-refractivity contribution in [3.8, 4) is 17.2 Å². The number of anilines is 1. The first-order valence-electron chi connectivity index (χ1n) is 19.6. The molecule has 1 spiro atoms. The van der Waals surface area contributed by atoms with E-state index in [1.807, 2.05) is 37.3 Å². The summed E-state index contributed by atoms with van der Waals surface area (Å²) in [6.07, 6.45) is 11.7. The summed E-state index contributed by atoms with van der Waals surface area (Å²) < 4.78 is 45.7. The predicted molar refractivity (Wildman–Crippen MR) is 209 cm³/mol. The fourth-order valence-electron chi connectivity index (χ4n) is 8.59. The summed E-state index contributed by atoms with van der Waals surface area (Å²) in [6.45, 7) is 3.64. The molecule has 0 bridgehead atoms. The molecule has 2 aromatic heterocycles. The number of fused-ring (bicyclic) bond motifs is 5. The SMILES string of the molecule is COc1ccnc(N[C@H]2CCCCCC=C[C@@H]3C[C@@]3(C(=O)NS(=O)(=O)C3(C)CC3)NC(=O)[C@@H]3C[C@]4(CCc5c(c(C)nc6ccc(OC)cc56)O4)CN3C2=O)c1. The number of benzene rings is 1. The number of nitrogens with zero attached hydrogens (tertiary/aromatic N) is 3. The third-order valence-electron chi connectivity index (χ3n) is 12.5. The van der Waals surface area contributed by atoms with Gasteiger partial charge in [-0.3, -0.25) is 19.1 Å². The monoisotopic (exact) mass is 786 g/mol. The van der Waals surface area contributed by atoms with E-state index in [9.17, 15) is 22.8 Å². The van der Waals surface area contributed by atoms with Crippen LogP contribution in [-0.4, -0.2) is 89.7 Å². The number of allylic oxidation sites excluding steroid dienone is 1. The molecular weight excluding hydrogens is 737 g/mol. The van der Waals surface area contributed by atoms with Crippen LogP contribution in [0.15, 0.2) is 48.7 Å². The Morgan fingerprint density at radius 3 is 2.59 bits per heavy atom. The highest BCUT2D eigenvalue weighted by Gasteiger charge is 2.64. The Balaban J connectivity index is 1.15. The molecule has 1 aromatic carbocycles. The molecule has 56 heavy (non-hydrogen) atoms. The number of aromatic nitrogens is 2. The van der Waals surface area contributed by atoms with Gasteiger partial charge in [-0.1, -0.05) is 25.0 Å². The van der Waals surface area contributed by atoms with Gasteiger partial charge in [-0.05, 0) is 89.5 Å². The highest BCUT2D eigenvalue weighted by molar-refractivity contribution is 7.91. The molecule has 5 heterocycles. The lowest BCUT2D eigenvalue weighted by molar-refractivity contribution is -0.140. The molecule has 5 atom stereocenters. The van der Waals surface area contributed by atoms with Crippen molar-refractivity contribution in [3.05, 3.63) is 59.9 Å². The molecule has 5 aliphatic rings. The number of pyridine rings is 2. The van der Waals surface area contributed by atoms with Crippen LogP contribution in [0.3, 0.4) is 0 Å². The van der Waals surface area contributed by atoms with Gasteiger partial charge < -0.3 is 29.7 Å². The summed E-state index contributed by atoms with van der Waals surface area (Å²) in [5.74, 6) is 0.410. The van der Waals surface area contributed by atoms with Gasteiger partial charge in [-0.25, -0.2) is 18.4 Å². The minimum atomic E-state index is -3.97. The summed E-state index contributed by atoms with van der Waals surface area (Å²) in [6, 6.07) is 7.46. The number of ether oxygens (including phenoxy) is 3. The number of aryl methyl sites for hydroxylation is 2. The van der Waals surface area contributed by atoms with Gasteiger partial charge in [0.05, 0.1) is 36.7 Å². The molecule has 3 amide bonds. The van der Waals surface area contributed by atoms with Crippen molar-refractivity contribution in [2.24, 2.45) is 5.92 Å². The molecule has 0 radical (unpaired) electrons. The first kappa shape index (κ1) is 38.0. The van der Waals surface area contributed by atoms with E-state index >= 15 is 0 Å². The number of sulfonamides is 1. The van der Waals surface area contributed by atoms with Gasteiger partial charge in [0, 0.05) is 35.6 Å². The average Bonchev–Trinajstić information content (AvgIpc) is 4.08. The second-order valence-corrected chi connectivity index (χ2v) is 18.6. The summed E-state index contributed by atoms with van der Waals surface area (Å²) >= 11 is 0. The zero-order valence-corrected chi connectivity index (χ0v) is 33.2. The Bertz CT molecular complexity index is 2230. The number of nitrogens with one attached hydrogen (secondary N) is 3. The summed E-state index contributed by atoms with van der Waals surface area (Å²) in [5.41, 5.74) is 0.113. The Hall–Kier alpha value is -4.92. The second-order valence-electron chi connectivity index (χ2n) is 16.4. The van der Waals surface area contributed by atoms with Gasteiger partial charge in [0.2, 0.25) is 21.8 Å². The Labute approximate surface area is 327 Å². The number of amides is 3. The van der Waals surface area contributed by atoms with Gasteiger partial charge >= 0.3 is 0 Å². The number of hydrogen-bond acceptors (Lipinski definition) is 11. The fraction of sp³-hybridized carbons (Fsp3) is 0.537. The Kier molecular flexibility index (Phi) is 9.65. The van der Waals surface area contributed by atoms with Gasteiger partial charge in [0.15, 0.2) is 0 Å². The highest BCUT2D eigenvalue weighted by atomic mass is 32.2. The largest absolute Gasteiger partial charge is 0.497 e. The van der Waals surface area contributed by atoms with Crippen molar-refractivity contribution in [3.63, 3.8) is 0 Å². The van der Waals surface area contributed by atoms with Crippen molar-refractivity contribution in [1.29, 1.82) is 0 Å². The maximum absolute atomic E-state index is 14.9. The maximum Gasteiger partial charge on any atom is 0.259 e. The molecule has 298 valence electrons. The average molecular weight is 787 g/mol. The third kappa shape index (κ3) is 6.92. The normalized spacial score (nSPS) is 28.4. The second kappa shape index (κ2) is 14.2. The van der Waals surface area contributed by atoms with Crippen LogP contribution in [-0.2, 0) is 30.8 Å². The Morgan fingerprint density at radius 2 is 1.82 bits per heavy atom. The highest BCUT2D eigenvalue weighted by Crippen LogP contribution is 2.49. The molecule has 3 fully saturated rings. The molecule has 14 nitrogen and oxygen atoms in total. The predicted octanol–water partition coefficient (Wildman–Crippen LogP) is 4.49. The van der Waals surface area contributed by atoms with Crippen LogP contribution in [0.1, 0.15) is 82.4 Å². The molecule has 2 aliphatic carbocycles. The van der Waals surface area contributed by atoms with E-state index in [4.69, 9.17) is 19.2 Å². The van der Waals surface area contributed by atoms with Crippen molar-refractivity contribution in [1.82, 2.24) is 24.9 Å². The van der Waals surface area contributed by atoms with Crippen molar-refractivity contribution >= 4 is 44.5 Å².